The number of hydrogen-bond acceptors (Lipinski definition) is 3. The molecule has 2 rings (SSSR count). The van der Waals surface area contributed by atoms with Gasteiger partial charge in [-0.15, -0.1) is 11.8 Å². The Morgan fingerprint density at radius 3 is 3.00 bits per heavy atom. The third kappa shape index (κ3) is 1.95. The summed E-state index contributed by atoms with van der Waals surface area (Å²) in [5, 5.41) is 6.03. The topological polar surface area (TPSA) is 41.1 Å². The number of rotatable bonds is 0. The standard InChI is InChI=1S/C9H10N2OS/c12-9-7-2-1-3-8(4-7)10-5-13-6-11-9/h1-4,10H,5-6H2,(H,11,12). The van der Waals surface area contributed by atoms with Crippen molar-refractivity contribution in [2.24, 2.45) is 0 Å². The highest BCUT2D eigenvalue weighted by molar-refractivity contribution is 7.99. The predicted octanol–water partition coefficient (Wildman–Crippen LogP) is 1.49. The maximum Gasteiger partial charge on any atom is 0.252 e. The Morgan fingerprint density at radius 2 is 2.08 bits per heavy atom. The molecule has 2 N–H and O–H groups in total. The molecule has 0 aliphatic carbocycles. The van der Waals surface area contributed by atoms with Gasteiger partial charge in [-0.3, -0.25) is 4.79 Å². The highest BCUT2D eigenvalue weighted by Gasteiger charge is 2.07. The first-order valence-corrected chi connectivity index (χ1v) is 5.21. The van der Waals surface area contributed by atoms with Crippen LogP contribution in [0.5, 0.6) is 0 Å². The molecule has 2 bridgehead atoms. The van der Waals surface area contributed by atoms with Crippen molar-refractivity contribution in [1.29, 1.82) is 0 Å². The zero-order chi connectivity index (χ0) is 9.10. The highest BCUT2D eigenvalue weighted by Crippen LogP contribution is 2.13. The Labute approximate surface area is 80.9 Å². The smallest absolute Gasteiger partial charge is 0.252 e. The maximum absolute atomic E-state index is 11.4. The lowest BCUT2D eigenvalue weighted by Crippen LogP contribution is -2.22. The molecular weight excluding hydrogens is 184 g/mol. The molecule has 0 fully saturated rings. The lowest BCUT2D eigenvalue weighted by molar-refractivity contribution is 0.0961. The van der Waals surface area contributed by atoms with Crippen LogP contribution in [-0.2, 0) is 0 Å². The van der Waals surface area contributed by atoms with Gasteiger partial charge in [0.1, 0.15) is 0 Å². The molecule has 3 nitrogen and oxygen atoms in total. The second-order valence-corrected chi connectivity index (χ2v) is 3.74. The van der Waals surface area contributed by atoms with E-state index in [1.54, 1.807) is 11.8 Å². The molecule has 1 aliphatic heterocycles. The Balaban J connectivity index is 2.33. The summed E-state index contributed by atoms with van der Waals surface area (Å²) >= 11 is 1.65. The van der Waals surface area contributed by atoms with E-state index in [0.29, 0.717) is 11.4 Å². The molecule has 0 aromatic heterocycles. The van der Waals surface area contributed by atoms with Gasteiger partial charge >= 0.3 is 0 Å². The van der Waals surface area contributed by atoms with E-state index in [-0.39, 0.29) is 5.91 Å². The predicted molar refractivity (Wildman–Crippen MR) is 54.9 cm³/mol. The zero-order valence-corrected chi connectivity index (χ0v) is 7.86. The van der Waals surface area contributed by atoms with Crippen LogP contribution in [-0.4, -0.2) is 17.7 Å². The number of nitrogens with one attached hydrogen (secondary N) is 2. The summed E-state index contributed by atoms with van der Waals surface area (Å²) in [6.07, 6.45) is 0. The molecular formula is C9H10N2OS. The molecule has 1 heterocycles. The molecule has 1 aliphatic rings. The van der Waals surface area contributed by atoms with Crippen molar-refractivity contribution < 1.29 is 4.79 Å². The number of amides is 1. The van der Waals surface area contributed by atoms with Crippen molar-refractivity contribution in [3.63, 3.8) is 0 Å². The average Bonchev–Trinajstić information content (AvgIpc) is 2.21. The molecule has 0 saturated carbocycles. The number of carbonyl (C=O) groups is 1. The van der Waals surface area contributed by atoms with Crippen LogP contribution in [0.4, 0.5) is 5.69 Å². The van der Waals surface area contributed by atoms with Crippen molar-refractivity contribution in [3.8, 4) is 0 Å². The second kappa shape index (κ2) is 3.70. The Kier molecular flexibility index (Phi) is 2.40. The average molecular weight is 194 g/mol. The van der Waals surface area contributed by atoms with E-state index in [0.717, 1.165) is 11.6 Å². The van der Waals surface area contributed by atoms with Crippen molar-refractivity contribution in [3.05, 3.63) is 29.8 Å². The Bertz CT molecular complexity index is 327. The van der Waals surface area contributed by atoms with E-state index in [2.05, 4.69) is 10.6 Å². The number of carbonyl (C=O) groups excluding carboxylic acids is 1. The second-order valence-electron chi connectivity index (χ2n) is 2.76. The van der Waals surface area contributed by atoms with Gasteiger partial charge < -0.3 is 10.6 Å². The summed E-state index contributed by atoms with van der Waals surface area (Å²) in [5.74, 6) is 1.48. The Morgan fingerprint density at radius 1 is 1.23 bits per heavy atom. The molecule has 0 atom stereocenters. The van der Waals surface area contributed by atoms with Crippen LogP contribution >= 0.6 is 11.8 Å². The fourth-order valence-electron chi connectivity index (χ4n) is 1.17. The molecule has 1 aromatic rings. The maximum atomic E-state index is 11.4. The van der Waals surface area contributed by atoms with E-state index in [1.165, 1.54) is 0 Å². The molecule has 0 saturated heterocycles. The Hall–Kier alpha value is -1.16. The highest BCUT2D eigenvalue weighted by atomic mass is 32.2. The van der Waals surface area contributed by atoms with E-state index in [4.69, 9.17) is 0 Å². The number of fused-ring (bicyclic) bond motifs is 2. The number of anilines is 1. The van der Waals surface area contributed by atoms with Gasteiger partial charge in [0.25, 0.3) is 5.91 Å². The van der Waals surface area contributed by atoms with Crippen LogP contribution in [0.1, 0.15) is 10.4 Å². The lowest BCUT2D eigenvalue weighted by Gasteiger charge is -2.02. The van der Waals surface area contributed by atoms with Crippen LogP contribution in [0, 0.1) is 0 Å². The molecule has 1 amide bonds. The zero-order valence-electron chi connectivity index (χ0n) is 7.04. The van der Waals surface area contributed by atoms with Gasteiger partial charge in [0, 0.05) is 11.3 Å². The molecule has 0 radical (unpaired) electrons. The third-order valence-electron chi connectivity index (χ3n) is 1.84. The first-order chi connectivity index (χ1) is 6.36. The van der Waals surface area contributed by atoms with Gasteiger partial charge in [0.15, 0.2) is 0 Å². The van der Waals surface area contributed by atoms with E-state index in [9.17, 15) is 4.79 Å². The fraction of sp³-hybridized carbons (Fsp3) is 0.222. The van der Waals surface area contributed by atoms with E-state index in [1.807, 2.05) is 24.3 Å². The van der Waals surface area contributed by atoms with Crippen LogP contribution in [0.15, 0.2) is 24.3 Å². The van der Waals surface area contributed by atoms with Gasteiger partial charge in [-0.2, -0.15) is 0 Å². The third-order valence-corrected chi connectivity index (χ3v) is 2.53. The normalized spacial score (nSPS) is 16.2. The first kappa shape index (κ1) is 8.44. The number of thioether (sulfide) groups is 1. The van der Waals surface area contributed by atoms with Gasteiger partial charge in [0.05, 0.1) is 11.8 Å². The summed E-state index contributed by atoms with van der Waals surface area (Å²) in [7, 11) is 0. The first-order valence-electron chi connectivity index (χ1n) is 4.06. The summed E-state index contributed by atoms with van der Waals surface area (Å²) in [5.41, 5.74) is 1.72. The SMILES string of the molecule is O=C1NCSCNc2cccc1c2. The molecule has 4 heteroatoms. The van der Waals surface area contributed by atoms with E-state index >= 15 is 0 Å². The van der Waals surface area contributed by atoms with Crippen LogP contribution in [0.3, 0.4) is 0 Å². The molecule has 0 spiro atoms. The molecule has 68 valence electrons. The van der Waals surface area contributed by atoms with Gasteiger partial charge in [-0.1, -0.05) is 6.07 Å². The van der Waals surface area contributed by atoms with Crippen molar-refractivity contribution in [2.45, 2.75) is 0 Å². The van der Waals surface area contributed by atoms with Crippen LogP contribution in [0.25, 0.3) is 0 Å². The monoisotopic (exact) mass is 194 g/mol. The van der Waals surface area contributed by atoms with E-state index < -0.39 is 0 Å². The van der Waals surface area contributed by atoms with Crippen LogP contribution in [0.2, 0.25) is 0 Å². The molecule has 13 heavy (non-hydrogen) atoms. The lowest BCUT2D eigenvalue weighted by atomic mass is 10.2. The summed E-state index contributed by atoms with van der Waals surface area (Å²) in [4.78, 5) is 11.4. The summed E-state index contributed by atoms with van der Waals surface area (Å²) in [6.45, 7) is 0. The van der Waals surface area contributed by atoms with Crippen LogP contribution < -0.4 is 10.6 Å². The van der Waals surface area contributed by atoms with Crippen molar-refractivity contribution in [1.82, 2.24) is 5.32 Å². The molecule has 1 aromatic carbocycles. The van der Waals surface area contributed by atoms with Gasteiger partial charge in [-0.05, 0) is 18.2 Å². The number of benzene rings is 1. The number of hydrogen-bond donors (Lipinski definition) is 2. The van der Waals surface area contributed by atoms with Crippen molar-refractivity contribution in [2.75, 3.05) is 17.1 Å². The quantitative estimate of drug-likeness (QED) is 0.657. The minimum absolute atomic E-state index is 0.00181. The largest absolute Gasteiger partial charge is 0.376 e. The van der Waals surface area contributed by atoms with Crippen molar-refractivity contribution >= 4 is 23.4 Å². The molecule has 0 unspecified atom stereocenters. The van der Waals surface area contributed by atoms with Gasteiger partial charge in [-0.25, -0.2) is 0 Å². The minimum atomic E-state index is -0.00181. The fourth-order valence-corrected chi connectivity index (χ4v) is 1.78. The van der Waals surface area contributed by atoms with Gasteiger partial charge in [0.2, 0.25) is 0 Å². The summed E-state index contributed by atoms with van der Waals surface area (Å²) < 4.78 is 0. The minimum Gasteiger partial charge on any atom is -0.376 e. The summed E-state index contributed by atoms with van der Waals surface area (Å²) in [6, 6.07) is 7.52.